The Balaban J connectivity index is 2.34. The maximum absolute atomic E-state index is 5.28. The summed E-state index contributed by atoms with van der Waals surface area (Å²) in [5, 5.41) is 6.46. The molecule has 0 saturated heterocycles. The van der Waals surface area contributed by atoms with Crippen LogP contribution in [0.4, 0.5) is 0 Å². The van der Waals surface area contributed by atoms with Gasteiger partial charge in [-0.25, -0.2) is 4.98 Å². The van der Waals surface area contributed by atoms with Crippen molar-refractivity contribution in [3.63, 3.8) is 0 Å². The lowest BCUT2D eigenvalue weighted by molar-refractivity contribution is 0.145. The zero-order valence-corrected chi connectivity index (χ0v) is 12.5. The Labute approximate surface area is 120 Å². The van der Waals surface area contributed by atoms with Crippen molar-refractivity contribution in [1.29, 1.82) is 0 Å². The molecule has 1 rings (SSSR count). The third-order valence-electron chi connectivity index (χ3n) is 2.68. The molecule has 20 heavy (non-hydrogen) atoms. The van der Waals surface area contributed by atoms with Crippen molar-refractivity contribution in [2.75, 3.05) is 33.9 Å². The van der Waals surface area contributed by atoms with Gasteiger partial charge >= 0.3 is 0 Å². The molecule has 0 aliphatic rings. The Kier molecular flexibility index (Phi) is 8.14. The molecule has 6 heteroatoms. The smallest absolute Gasteiger partial charge is 0.218 e. The fourth-order valence-electron chi connectivity index (χ4n) is 1.67. The summed E-state index contributed by atoms with van der Waals surface area (Å²) < 4.78 is 10.5. The van der Waals surface area contributed by atoms with Crippen molar-refractivity contribution < 1.29 is 9.47 Å². The Morgan fingerprint density at radius 2 is 2.25 bits per heavy atom. The summed E-state index contributed by atoms with van der Waals surface area (Å²) in [5.74, 6) is 1.39. The van der Waals surface area contributed by atoms with Crippen LogP contribution in [0.2, 0.25) is 0 Å². The normalized spacial score (nSPS) is 11.2. The van der Waals surface area contributed by atoms with E-state index in [0.717, 1.165) is 37.7 Å². The zero-order chi connectivity index (χ0) is 14.6. The average molecular weight is 280 g/mol. The van der Waals surface area contributed by atoms with Crippen molar-refractivity contribution >= 4 is 5.96 Å². The molecule has 1 aromatic rings. The summed E-state index contributed by atoms with van der Waals surface area (Å²) in [6.45, 7) is 4.95. The quantitative estimate of drug-likeness (QED) is 0.425. The third-order valence-corrected chi connectivity index (χ3v) is 2.68. The Morgan fingerprint density at radius 3 is 2.95 bits per heavy atom. The van der Waals surface area contributed by atoms with E-state index in [9.17, 15) is 0 Å². The van der Waals surface area contributed by atoms with Gasteiger partial charge < -0.3 is 20.1 Å². The van der Waals surface area contributed by atoms with E-state index in [-0.39, 0.29) is 0 Å². The number of guanidine groups is 1. The lowest BCUT2D eigenvalue weighted by Gasteiger charge is -2.13. The fraction of sp³-hybridized carbons (Fsp3) is 0.571. The first kappa shape index (κ1) is 16.2. The molecule has 0 saturated carbocycles. The van der Waals surface area contributed by atoms with Crippen LogP contribution in [0.3, 0.4) is 0 Å². The highest BCUT2D eigenvalue weighted by molar-refractivity contribution is 5.79. The largest absolute Gasteiger partial charge is 0.481 e. The molecule has 2 N–H and O–H groups in total. The maximum Gasteiger partial charge on any atom is 0.218 e. The topological polar surface area (TPSA) is 67.8 Å². The summed E-state index contributed by atoms with van der Waals surface area (Å²) in [5.41, 5.74) is 0.993. The van der Waals surface area contributed by atoms with E-state index in [2.05, 4.69) is 20.6 Å². The van der Waals surface area contributed by atoms with Crippen LogP contribution >= 0.6 is 0 Å². The van der Waals surface area contributed by atoms with Crippen molar-refractivity contribution in [3.05, 3.63) is 23.9 Å². The molecule has 0 fully saturated rings. The van der Waals surface area contributed by atoms with Gasteiger partial charge in [0.2, 0.25) is 5.88 Å². The van der Waals surface area contributed by atoms with Gasteiger partial charge in [-0.1, -0.05) is 6.07 Å². The Morgan fingerprint density at radius 1 is 1.40 bits per heavy atom. The highest BCUT2D eigenvalue weighted by Crippen LogP contribution is 2.12. The third kappa shape index (κ3) is 5.88. The number of rotatable bonds is 8. The van der Waals surface area contributed by atoms with Crippen molar-refractivity contribution in [2.45, 2.75) is 19.9 Å². The van der Waals surface area contributed by atoms with E-state index in [1.807, 2.05) is 19.1 Å². The second-order valence-corrected chi connectivity index (χ2v) is 4.07. The Hall–Kier alpha value is -1.82. The van der Waals surface area contributed by atoms with E-state index < -0.39 is 0 Å². The molecule has 0 amide bonds. The second-order valence-electron chi connectivity index (χ2n) is 4.07. The molecule has 1 heterocycles. The minimum absolute atomic E-state index is 0.613. The van der Waals surface area contributed by atoms with Crippen LogP contribution < -0.4 is 15.4 Å². The standard InChI is InChI=1S/C14H24N4O2/c1-4-20-10-6-9-17-14(15-2)18-11-12-7-5-8-16-13(12)19-3/h5,7-8H,4,6,9-11H2,1-3H3,(H2,15,17,18). The molecular weight excluding hydrogens is 256 g/mol. The summed E-state index contributed by atoms with van der Waals surface area (Å²) in [7, 11) is 3.37. The molecular formula is C14H24N4O2. The second kappa shape index (κ2) is 10.0. The molecule has 1 aromatic heterocycles. The molecule has 0 aliphatic carbocycles. The number of pyridine rings is 1. The predicted octanol–water partition coefficient (Wildman–Crippen LogP) is 1.18. The van der Waals surface area contributed by atoms with Gasteiger partial charge in [-0.15, -0.1) is 0 Å². The number of ether oxygens (including phenoxy) is 2. The predicted molar refractivity (Wildman–Crippen MR) is 80.1 cm³/mol. The van der Waals surface area contributed by atoms with Crippen LogP contribution in [-0.2, 0) is 11.3 Å². The van der Waals surface area contributed by atoms with Gasteiger partial charge in [-0.3, -0.25) is 4.99 Å². The molecule has 0 aliphatic heterocycles. The summed E-state index contributed by atoms with van der Waals surface area (Å²) >= 11 is 0. The van der Waals surface area contributed by atoms with E-state index in [1.165, 1.54) is 0 Å². The van der Waals surface area contributed by atoms with Crippen molar-refractivity contribution in [3.8, 4) is 5.88 Å². The van der Waals surface area contributed by atoms with Gasteiger partial charge in [0.05, 0.1) is 7.11 Å². The number of hydrogen-bond acceptors (Lipinski definition) is 4. The highest BCUT2D eigenvalue weighted by Gasteiger charge is 2.04. The van der Waals surface area contributed by atoms with Gasteiger partial charge in [-0.2, -0.15) is 0 Å². The van der Waals surface area contributed by atoms with Gasteiger partial charge in [0, 0.05) is 45.1 Å². The van der Waals surface area contributed by atoms with Crippen LogP contribution in [0.15, 0.2) is 23.3 Å². The summed E-state index contributed by atoms with van der Waals surface area (Å²) in [6.07, 6.45) is 2.66. The van der Waals surface area contributed by atoms with E-state index in [1.54, 1.807) is 20.4 Å². The lowest BCUT2D eigenvalue weighted by Crippen LogP contribution is -2.37. The summed E-state index contributed by atoms with van der Waals surface area (Å²) in [4.78, 5) is 8.33. The monoisotopic (exact) mass is 280 g/mol. The highest BCUT2D eigenvalue weighted by atomic mass is 16.5. The zero-order valence-electron chi connectivity index (χ0n) is 12.5. The first-order chi connectivity index (χ1) is 9.81. The SMILES string of the molecule is CCOCCCNC(=NC)NCc1cccnc1OC. The van der Waals surface area contributed by atoms with E-state index in [4.69, 9.17) is 9.47 Å². The van der Waals surface area contributed by atoms with Crippen LogP contribution in [0.5, 0.6) is 5.88 Å². The minimum Gasteiger partial charge on any atom is -0.481 e. The van der Waals surface area contributed by atoms with Gasteiger partial charge in [0.1, 0.15) is 0 Å². The van der Waals surface area contributed by atoms with Crippen molar-refractivity contribution in [2.24, 2.45) is 4.99 Å². The Bertz CT molecular complexity index is 410. The number of aliphatic imine (C=N–C) groups is 1. The molecule has 6 nitrogen and oxygen atoms in total. The van der Waals surface area contributed by atoms with Gasteiger partial charge in [0.15, 0.2) is 5.96 Å². The molecule has 0 radical (unpaired) electrons. The number of hydrogen-bond donors (Lipinski definition) is 2. The number of aromatic nitrogens is 1. The fourth-order valence-corrected chi connectivity index (χ4v) is 1.67. The first-order valence-corrected chi connectivity index (χ1v) is 6.82. The van der Waals surface area contributed by atoms with Gasteiger partial charge in [-0.05, 0) is 19.4 Å². The number of nitrogens with one attached hydrogen (secondary N) is 2. The van der Waals surface area contributed by atoms with Crippen LogP contribution in [-0.4, -0.2) is 44.9 Å². The minimum atomic E-state index is 0.613. The van der Waals surface area contributed by atoms with Gasteiger partial charge in [0.25, 0.3) is 0 Å². The molecule has 0 aromatic carbocycles. The molecule has 0 unspecified atom stereocenters. The lowest BCUT2D eigenvalue weighted by atomic mass is 10.2. The number of nitrogens with zero attached hydrogens (tertiary/aromatic N) is 2. The van der Waals surface area contributed by atoms with Crippen molar-refractivity contribution in [1.82, 2.24) is 15.6 Å². The molecule has 0 spiro atoms. The first-order valence-electron chi connectivity index (χ1n) is 6.82. The molecule has 0 bridgehead atoms. The van der Waals surface area contributed by atoms with Crippen LogP contribution in [0.25, 0.3) is 0 Å². The van der Waals surface area contributed by atoms with E-state index >= 15 is 0 Å². The average Bonchev–Trinajstić information content (AvgIpc) is 2.50. The van der Waals surface area contributed by atoms with E-state index in [0.29, 0.717) is 12.4 Å². The van der Waals surface area contributed by atoms with Crippen LogP contribution in [0.1, 0.15) is 18.9 Å². The summed E-state index contributed by atoms with van der Waals surface area (Å²) in [6, 6.07) is 3.86. The maximum atomic E-state index is 5.28. The molecule has 0 atom stereocenters. The van der Waals surface area contributed by atoms with Crippen LogP contribution in [0, 0.1) is 0 Å². The number of methoxy groups -OCH3 is 1. The molecule has 112 valence electrons.